The number of carbonyl (C=O) groups excluding carboxylic acids is 5. The van der Waals surface area contributed by atoms with E-state index < -0.39 is 51.1 Å². The molecule has 220 valence electrons. The molecule has 13 nitrogen and oxygen atoms in total. The van der Waals surface area contributed by atoms with Gasteiger partial charge in [0.05, 0.1) is 41.7 Å². The fourth-order valence-corrected chi connectivity index (χ4v) is 6.86. The molecule has 0 saturated carbocycles. The van der Waals surface area contributed by atoms with Crippen LogP contribution in [0.25, 0.3) is 10.2 Å². The van der Waals surface area contributed by atoms with E-state index in [0.29, 0.717) is 15.8 Å². The van der Waals surface area contributed by atoms with Crippen molar-refractivity contribution in [1.29, 1.82) is 0 Å². The molecule has 2 amide bonds. The zero-order chi connectivity index (χ0) is 30.5. The second-order valence-corrected chi connectivity index (χ2v) is 12.5. The molecule has 41 heavy (non-hydrogen) atoms. The van der Waals surface area contributed by atoms with Gasteiger partial charge in [0.25, 0.3) is 5.91 Å². The van der Waals surface area contributed by atoms with Gasteiger partial charge in [-0.25, -0.2) is 22.8 Å². The maximum atomic E-state index is 12.7. The van der Waals surface area contributed by atoms with Crippen LogP contribution in [0.4, 0.5) is 5.00 Å². The number of methoxy groups -OCH3 is 1. The number of fused-ring (bicyclic) bond motifs is 1. The van der Waals surface area contributed by atoms with Gasteiger partial charge in [-0.2, -0.15) is 4.99 Å². The van der Waals surface area contributed by atoms with Gasteiger partial charge < -0.3 is 24.1 Å². The Hall–Kier alpha value is -3.89. The van der Waals surface area contributed by atoms with Crippen molar-refractivity contribution in [3.8, 4) is 0 Å². The topological polar surface area (TPSA) is 176 Å². The largest absolute Gasteiger partial charge is 0.465 e. The molecule has 3 aromatic rings. The average molecular weight is 626 g/mol. The number of amides is 2. The Kier molecular flexibility index (Phi) is 10.2. The minimum absolute atomic E-state index is 0.0280. The standard InChI is InChI=1S/C25H27N3O10S3/c1-6-37-23(32)19-13(3)20(24(33)38-7-2)40-21(19)26-17(29)11-41(34,35)12-18(30)27-25-28(4)15-9-8-14(22(31)36-5)10-16(15)39-25/h8-10H,6-7,11-12H2,1-5H3,(H,26,29). The van der Waals surface area contributed by atoms with Gasteiger partial charge in [0.2, 0.25) is 5.91 Å². The molecular weight excluding hydrogens is 598 g/mol. The SMILES string of the molecule is CCOC(=O)c1sc(NC(=O)CS(=O)(=O)CC(=O)N=c2sc3cc(C(=O)OC)ccc3n2C)c(C(=O)OCC)c1C. The van der Waals surface area contributed by atoms with Crippen molar-refractivity contribution in [3.63, 3.8) is 0 Å². The Morgan fingerprint density at radius 2 is 1.63 bits per heavy atom. The normalized spacial score (nSPS) is 11.8. The molecule has 2 aromatic heterocycles. The third-order valence-corrected chi connectivity index (χ3v) is 9.16. The van der Waals surface area contributed by atoms with E-state index in [0.717, 1.165) is 22.7 Å². The number of benzene rings is 1. The fourth-order valence-electron chi connectivity index (χ4n) is 3.67. The summed E-state index contributed by atoms with van der Waals surface area (Å²) in [6.45, 7) is 4.77. The summed E-state index contributed by atoms with van der Waals surface area (Å²) in [6.07, 6.45) is 0. The van der Waals surface area contributed by atoms with Crippen molar-refractivity contribution in [2.45, 2.75) is 20.8 Å². The first-order chi connectivity index (χ1) is 19.3. The van der Waals surface area contributed by atoms with Crippen LogP contribution in [-0.4, -0.2) is 74.5 Å². The highest BCUT2D eigenvalue weighted by atomic mass is 32.2. The molecule has 3 rings (SSSR count). The Balaban J connectivity index is 1.79. The summed E-state index contributed by atoms with van der Waals surface area (Å²) < 4.78 is 42.2. The van der Waals surface area contributed by atoms with E-state index in [1.165, 1.54) is 14.0 Å². The molecule has 1 aromatic carbocycles. The predicted molar refractivity (Wildman–Crippen MR) is 151 cm³/mol. The molecule has 2 heterocycles. The molecule has 0 atom stereocenters. The highest BCUT2D eigenvalue weighted by Crippen LogP contribution is 2.34. The van der Waals surface area contributed by atoms with E-state index in [4.69, 9.17) is 14.2 Å². The summed E-state index contributed by atoms with van der Waals surface area (Å²) in [5, 5.41) is 2.26. The van der Waals surface area contributed by atoms with Crippen LogP contribution in [0.5, 0.6) is 0 Å². The zero-order valence-corrected chi connectivity index (χ0v) is 25.2. The van der Waals surface area contributed by atoms with Crippen LogP contribution in [0.1, 0.15) is 49.8 Å². The fraction of sp³-hybridized carbons (Fsp3) is 0.360. The van der Waals surface area contributed by atoms with E-state index in [-0.39, 0.29) is 39.0 Å². The molecule has 0 fully saturated rings. The molecule has 0 aliphatic carbocycles. The third-order valence-electron chi connectivity index (χ3n) is 5.49. The minimum Gasteiger partial charge on any atom is -0.465 e. The van der Waals surface area contributed by atoms with Crippen molar-refractivity contribution >= 4 is 77.5 Å². The molecule has 0 unspecified atom stereocenters. The summed E-state index contributed by atoms with van der Waals surface area (Å²) >= 11 is 1.82. The summed E-state index contributed by atoms with van der Waals surface area (Å²) in [5.74, 6) is -6.21. The number of aromatic nitrogens is 1. The first-order valence-electron chi connectivity index (χ1n) is 12.0. The number of hydrogen-bond acceptors (Lipinski definition) is 12. The van der Waals surface area contributed by atoms with Crippen molar-refractivity contribution in [3.05, 3.63) is 44.6 Å². The molecular formula is C25H27N3O10S3. The average Bonchev–Trinajstić information content (AvgIpc) is 3.38. The van der Waals surface area contributed by atoms with Crippen molar-refractivity contribution in [1.82, 2.24) is 4.57 Å². The van der Waals surface area contributed by atoms with Gasteiger partial charge in [0.15, 0.2) is 14.6 Å². The van der Waals surface area contributed by atoms with Gasteiger partial charge in [-0.1, -0.05) is 11.3 Å². The van der Waals surface area contributed by atoms with Gasteiger partial charge in [-0.15, -0.1) is 11.3 Å². The number of esters is 3. The van der Waals surface area contributed by atoms with Crippen LogP contribution in [0.15, 0.2) is 23.2 Å². The summed E-state index contributed by atoms with van der Waals surface area (Å²) in [7, 11) is -1.40. The number of thiazole rings is 1. The molecule has 0 spiro atoms. The van der Waals surface area contributed by atoms with E-state index in [1.54, 1.807) is 43.7 Å². The molecule has 1 N–H and O–H groups in total. The molecule has 0 aliphatic heterocycles. The van der Waals surface area contributed by atoms with Crippen LogP contribution < -0.4 is 10.1 Å². The number of aryl methyl sites for hydroxylation is 1. The number of anilines is 1. The van der Waals surface area contributed by atoms with Gasteiger partial charge in [0.1, 0.15) is 21.4 Å². The van der Waals surface area contributed by atoms with E-state index in [1.807, 2.05) is 0 Å². The first-order valence-corrected chi connectivity index (χ1v) is 15.5. The van der Waals surface area contributed by atoms with Crippen LogP contribution in [-0.2, 0) is 40.7 Å². The lowest BCUT2D eigenvalue weighted by atomic mass is 10.1. The number of nitrogens with zero attached hydrogens (tertiary/aromatic N) is 2. The molecule has 0 aliphatic rings. The van der Waals surface area contributed by atoms with Gasteiger partial charge >= 0.3 is 17.9 Å². The van der Waals surface area contributed by atoms with E-state index in [9.17, 15) is 32.4 Å². The molecule has 0 saturated heterocycles. The summed E-state index contributed by atoms with van der Waals surface area (Å²) in [5.41, 5.74) is 1.08. The zero-order valence-electron chi connectivity index (χ0n) is 22.8. The molecule has 0 bridgehead atoms. The number of ether oxygens (including phenoxy) is 3. The Morgan fingerprint density at radius 3 is 2.27 bits per heavy atom. The van der Waals surface area contributed by atoms with Crippen LogP contribution in [0, 0.1) is 6.92 Å². The lowest BCUT2D eigenvalue weighted by Crippen LogP contribution is -2.28. The van der Waals surface area contributed by atoms with Crippen LogP contribution in [0.2, 0.25) is 0 Å². The molecule has 16 heteroatoms. The number of nitrogens with one attached hydrogen (secondary N) is 1. The van der Waals surface area contributed by atoms with Gasteiger partial charge in [0, 0.05) is 7.05 Å². The Morgan fingerprint density at radius 1 is 0.976 bits per heavy atom. The monoisotopic (exact) mass is 625 g/mol. The van der Waals surface area contributed by atoms with Crippen molar-refractivity contribution in [2.75, 3.05) is 37.1 Å². The Labute approximate surface area is 242 Å². The van der Waals surface area contributed by atoms with Crippen molar-refractivity contribution < 1.29 is 46.6 Å². The third kappa shape index (κ3) is 7.45. The quantitative estimate of drug-likeness (QED) is 0.260. The number of rotatable bonds is 10. The minimum atomic E-state index is -4.28. The van der Waals surface area contributed by atoms with Crippen molar-refractivity contribution in [2.24, 2.45) is 12.0 Å². The highest BCUT2D eigenvalue weighted by Gasteiger charge is 2.29. The maximum absolute atomic E-state index is 12.7. The lowest BCUT2D eigenvalue weighted by molar-refractivity contribution is -0.115. The predicted octanol–water partition coefficient (Wildman–Crippen LogP) is 2.23. The van der Waals surface area contributed by atoms with E-state index >= 15 is 0 Å². The maximum Gasteiger partial charge on any atom is 0.348 e. The lowest BCUT2D eigenvalue weighted by Gasteiger charge is -2.07. The first kappa shape index (κ1) is 31.6. The smallest absolute Gasteiger partial charge is 0.348 e. The van der Waals surface area contributed by atoms with Gasteiger partial charge in [-0.3, -0.25) is 9.59 Å². The molecule has 0 radical (unpaired) electrons. The second kappa shape index (κ2) is 13.2. The van der Waals surface area contributed by atoms with E-state index in [2.05, 4.69) is 10.3 Å². The van der Waals surface area contributed by atoms with Gasteiger partial charge in [-0.05, 0) is 44.5 Å². The number of carbonyl (C=O) groups is 5. The number of thiophene rings is 1. The second-order valence-electron chi connectivity index (χ2n) is 8.40. The Bertz CT molecular complexity index is 1710. The summed E-state index contributed by atoms with van der Waals surface area (Å²) in [4.78, 5) is 65.9. The number of hydrogen-bond donors (Lipinski definition) is 1. The highest BCUT2D eigenvalue weighted by molar-refractivity contribution is 7.92. The summed E-state index contributed by atoms with van der Waals surface area (Å²) in [6, 6.07) is 4.77. The van der Waals surface area contributed by atoms with Crippen LogP contribution >= 0.6 is 22.7 Å². The van der Waals surface area contributed by atoms with Crippen LogP contribution in [0.3, 0.4) is 0 Å². The number of sulfone groups is 1.